The number of aryl methyl sites for hydroxylation is 1. The second kappa shape index (κ2) is 9.73. The number of fused-ring (bicyclic) bond motifs is 1. The smallest absolute Gasteiger partial charge is 0.166 e. The van der Waals surface area contributed by atoms with E-state index < -0.39 is 0 Å². The minimum absolute atomic E-state index is 0.0743. The Kier molecular flexibility index (Phi) is 6.82. The summed E-state index contributed by atoms with van der Waals surface area (Å²) in [5, 5.41) is 0. The quantitative estimate of drug-likeness (QED) is 0.379. The highest BCUT2D eigenvalue weighted by molar-refractivity contribution is 6.02. The molecule has 0 amide bonds. The van der Waals surface area contributed by atoms with Crippen LogP contribution in [0.25, 0.3) is 0 Å². The SMILES string of the molecule is CC(=O)c1ccc2c(c1)CCC(CCCC1CCCC(c3ccccc3)CC1)C2=O. The lowest BCUT2D eigenvalue weighted by atomic mass is 9.79. The van der Waals surface area contributed by atoms with Crippen LogP contribution in [-0.2, 0) is 6.42 Å². The van der Waals surface area contributed by atoms with Crippen molar-refractivity contribution in [3.05, 3.63) is 70.8 Å². The van der Waals surface area contributed by atoms with Crippen molar-refractivity contribution in [2.75, 3.05) is 0 Å². The highest BCUT2D eigenvalue weighted by Crippen LogP contribution is 2.37. The molecule has 2 heteroatoms. The lowest BCUT2D eigenvalue weighted by molar-refractivity contribution is 0.0890. The average Bonchev–Trinajstić information content (AvgIpc) is 3.01. The van der Waals surface area contributed by atoms with Gasteiger partial charge in [-0.3, -0.25) is 9.59 Å². The third-order valence-electron chi connectivity index (χ3n) is 7.43. The second-order valence-electron chi connectivity index (χ2n) is 9.44. The minimum Gasteiger partial charge on any atom is -0.295 e. The number of hydrogen-bond acceptors (Lipinski definition) is 2. The molecule has 0 saturated heterocycles. The van der Waals surface area contributed by atoms with Gasteiger partial charge in [0.05, 0.1) is 0 Å². The van der Waals surface area contributed by atoms with Crippen LogP contribution in [0.3, 0.4) is 0 Å². The maximum absolute atomic E-state index is 12.9. The van der Waals surface area contributed by atoms with Gasteiger partial charge < -0.3 is 0 Å². The zero-order valence-corrected chi connectivity index (χ0v) is 18.2. The van der Waals surface area contributed by atoms with Crippen molar-refractivity contribution in [2.24, 2.45) is 11.8 Å². The molecule has 3 atom stereocenters. The van der Waals surface area contributed by atoms with Crippen LogP contribution in [0.4, 0.5) is 0 Å². The Morgan fingerprint density at radius 3 is 2.57 bits per heavy atom. The maximum atomic E-state index is 12.9. The van der Waals surface area contributed by atoms with Crippen molar-refractivity contribution in [1.29, 1.82) is 0 Å². The molecule has 158 valence electrons. The molecule has 0 radical (unpaired) electrons. The van der Waals surface area contributed by atoms with E-state index in [-0.39, 0.29) is 11.7 Å². The molecule has 0 heterocycles. The van der Waals surface area contributed by atoms with E-state index in [2.05, 4.69) is 30.3 Å². The molecular formula is C28H34O2. The van der Waals surface area contributed by atoms with Crippen LogP contribution in [0.2, 0.25) is 0 Å². The molecule has 2 aliphatic rings. The van der Waals surface area contributed by atoms with E-state index in [1.165, 1.54) is 44.1 Å². The van der Waals surface area contributed by atoms with E-state index in [1.54, 1.807) is 6.92 Å². The van der Waals surface area contributed by atoms with Crippen LogP contribution in [0.1, 0.15) is 102 Å². The summed E-state index contributed by atoms with van der Waals surface area (Å²) >= 11 is 0. The average molecular weight is 403 g/mol. The topological polar surface area (TPSA) is 34.1 Å². The third-order valence-corrected chi connectivity index (χ3v) is 7.43. The van der Waals surface area contributed by atoms with Crippen molar-refractivity contribution in [2.45, 2.75) is 77.0 Å². The Morgan fingerprint density at radius 2 is 1.77 bits per heavy atom. The van der Waals surface area contributed by atoms with Crippen molar-refractivity contribution in [3.63, 3.8) is 0 Å². The monoisotopic (exact) mass is 402 g/mol. The predicted molar refractivity (Wildman–Crippen MR) is 122 cm³/mol. The fourth-order valence-corrected chi connectivity index (χ4v) is 5.59. The van der Waals surface area contributed by atoms with Gasteiger partial charge in [-0.25, -0.2) is 0 Å². The van der Waals surface area contributed by atoms with E-state index in [4.69, 9.17) is 0 Å². The van der Waals surface area contributed by atoms with E-state index in [0.717, 1.165) is 54.2 Å². The number of Topliss-reactive ketones (excluding diaryl/α,β-unsaturated/α-hetero) is 2. The van der Waals surface area contributed by atoms with E-state index in [0.29, 0.717) is 5.78 Å². The summed E-state index contributed by atoms with van der Waals surface area (Å²) in [6.07, 6.45) is 11.9. The van der Waals surface area contributed by atoms with Gasteiger partial charge in [-0.1, -0.05) is 68.1 Å². The molecule has 2 nitrogen and oxygen atoms in total. The molecule has 2 aliphatic carbocycles. The van der Waals surface area contributed by atoms with Crippen LogP contribution in [-0.4, -0.2) is 11.6 Å². The molecule has 0 bridgehead atoms. The first-order valence-corrected chi connectivity index (χ1v) is 11.8. The normalized spacial score (nSPS) is 24.2. The van der Waals surface area contributed by atoms with Gasteiger partial charge in [-0.15, -0.1) is 0 Å². The number of benzene rings is 2. The van der Waals surface area contributed by atoms with E-state index in [9.17, 15) is 9.59 Å². The summed E-state index contributed by atoms with van der Waals surface area (Å²) < 4.78 is 0. The first-order valence-electron chi connectivity index (χ1n) is 11.8. The highest BCUT2D eigenvalue weighted by atomic mass is 16.1. The Morgan fingerprint density at radius 1 is 0.933 bits per heavy atom. The van der Waals surface area contributed by atoms with Crippen LogP contribution >= 0.6 is 0 Å². The van der Waals surface area contributed by atoms with Gasteiger partial charge in [0, 0.05) is 17.0 Å². The number of carbonyl (C=O) groups excluding carboxylic acids is 2. The maximum Gasteiger partial charge on any atom is 0.166 e. The van der Waals surface area contributed by atoms with Crippen molar-refractivity contribution < 1.29 is 9.59 Å². The van der Waals surface area contributed by atoms with Crippen molar-refractivity contribution >= 4 is 11.6 Å². The van der Waals surface area contributed by atoms with Crippen LogP contribution in [0, 0.1) is 11.8 Å². The third kappa shape index (κ3) is 4.91. The first-order chi connectivity index (χ1) is 14.6. The highest BCUT2D eigenvalue weighted by Gasteiger charge is 2.28. The molecule has 4 rings (SSSR count). The molecule has 0 aliphatic heterocycles. The number of hydrogen-bond donors (Lipinski definition) is 0. The molecule has 0 N–H and O–H groups in total. The molecule has 30 heavy (non-hydrogen) atoms. The minimum atomic E-state index is 0.0743. The van der Waals surface area contributed by atoms with Gasteiger partial charge >= 0.3 is 0 Å². The van der Waals surface area contributed by atoms with Gasteiger partial charge in [0.2, 0.25) is 0 Å². The zero-order valence-electron chi connectivity index (χ0n) is 18.2. The van der Waals surface area contributed by atoms with Gasteiger partial charge in [0.15, 0.2) is 11.6 Å². The van der Waals surface area contributed by atoms with Gasteiger partial charge in [0.25, 0.3) is 0 Å². The predicted octanol–water partition coefficient (Wildman–Crippen LogP) is 7.17. The molecule has 0 aromatic heterocycles. The summed E-state index contributed by atoms with van der Waals surface area (Å²) in [4.78, 5) is 24.6. The Labute approximate surface area is 181 Å². The van der Waals surface area contributed by atoms with Gasteiger partial charge in [0.1, 0.15) is 0 Å². The molecule has 1 saturated carbocycles. The van der Waals surface area contributed by atoms with Gasteiger partial charge in [-0.2, -0.15) is 0 Å². The number of ketones is 2. The Bertz CT molecular complexity index is 883. The fourth-order valence-electron chi connectivity index (χ4n) is 5.59. The Hall–Kier alpha value is -2.22. The summed E-state index contributed by atoms with van der Waals surface area (Å²) in [6, 6.07) is 16.6. The molecule has 2 aromatic carbocycles. The molecule has 0 spiro atoms. The summed E-state index contributed by atoms with van der Waals surface area (Å²) in [6.45, 7) is 1.59. The first kappa shape index (κ1) is 21.0. The van der Waals surface area contributed by atoms with Crippen LogP contribution in [0.5, 0.6) is 0 Å². The van der Waals surface area contributed by atoms with Crippen molar-refractivity contribution in [1.82, 2.24) is 0 Å². The molecule has 1 fully saturated rings. The summed E-state index contributed by atoms with van der Waals surface area (Å²) in [7, 11) is 0. The summed E-state index contributed by atoms with van der Waals surface area (Å²) in [5.74, 6) is 2.10. The molecular weight excluding hydrogens is 368 g/mol. The summed E-state index contributed by atoms with van der Waals surface area (Å²) in [5.41, 5.74) is 4.16. The van der Waals surface area contributed by atoms with Crippen molar-refractivity contribution in [3.8, 4) is 0 Å². The van der Waals surface area contributed by atoms with Crippen LogP contribution in [0.15, 0.2) is 48.5 Å². The molecule has 3 unspecified atom stereocenters. The zero-order chi connectivity index (χ0) is 20.9. The second-order valence-corrected chi connectivity index (χ2v) is 9.44. The van der Waals surface area contributed by atoms with Crippen LogP contribution < -0.4 is 0 Å². The molecule has 2 aromatic rings. The lowest BCUT2D eigenvalue weighted by Crippen LogP contribution is -2.23. The van der Waals surface area contributed by atoms with E-state index in [1.807, 2.05) is 18.2 Å². The fraction of sp³-hybridized carbons (Fsp3) is 0.500. The number of carbonyl (C=O) groups is 2. The largest absolute Gasteiger partial charge is 0.295 e. The Balaban J connectivity index is 1.26. The lowest BCUT2D eigenvalue weighted by Gasteiger charge is -2.24. The number of rotatable bonds is 6. The van der Waals surface area contributed by atoms with Gasteiger partial charge in [-0.05, 0) is 74.5 Å². The van der Waals surface area contributed by atoms with E-state index >= 15 is 0 Å². The standard InChI is InChI=1S/C28H34O2/c1-20(29)25-17-18-27-26(19-25)16-15-24(28(27)30)12-6-8-21-7-5-11-23(14-13-21)22-9-3-2-4-10-22/h2-4,9-10,17-19,21,23-24H,5-8,11-16H2,1H3.